The van der Waals surface area contributed by atoms with Gasteiger partial charge in [-0.25, -0.2) is 0 Å². The van der Waals surface area contributed by atoms with E-state index in [-0.39, 0.29) is 24.6 Å². The molecule has 0 saturated heterocycles. The molecule has 0 aliphatic heterocycles. The van der Waals surface area contributed by atoms with Gasteiger partial charge in [-0.05, 0) is 71.1 Å². The van der Waals surface area contributed by atoms with Crippen molar-refractivity contribution in [1.82, 2.24) is 0 Å². The van der Waals surface area contributed by atoms with Crippen molar-refractivity contribution in [3.8, 4) is 0 Å². The standard InChI is InChI=1S/C38H68O4/c1-4-6-8-10-12-14-16-18-20-22-23-25-27-29-31-33-37(39)41-35-36(3)42-38(40)34-32-30-28-26-24-21-19-17-15-13-11-9-7-5-2/h11-14,17,19,36H,4-10,15-16,18,20-35H2,1-3H3/b13-11-,14-12+,19-17-/t36-/m0/s1. The first-order chi connectivity index (χ1) is 20.6. The lowest BCUT2D eigenvalue weighted by molar-refractivity contribution is -0.158. The van der Waals surface area contributed by atoms with Crippen molar-refractivity contribution in [3.63, 3.8) is 0 Å². The highest BCUT2D eigenvalue weighted by Gasteiger charge is 2.12. The molecular weight excluding hydrogens is 520 g/mol. The summed E-state index contributed by atoms with van der Waals surface area (Å²) in [5.41, 5.74) is 0. The fourth-order valence-corrected chi connectivity index (χ4v) is 4.83. The van der Waals surface area contributed by atoms with Crippen LogP contribution < -0.4 is 0 Å². The van der Waals surface area contributed by atoms with Crippen LogP contribution in [0.25, 0.3) is 0 Å². The summed E-state index contributed by atoms with van der Waals surface area (Å²) in [5, 5.41) is 0. The van der Waals surface area contributed by atoms with Crippen LogP contribution in [0.3, 0.4) is 0 Å². The van der Waals surface area contributed by atoms with Crippen LogP contribution in [0.15, 0.2) is 36.5 Å². The number of ether oxygens (including phenoxy) is 2. The first-order valence-electron chi connectivity index (χ1n) is 17.9. The highest BCUT2D eigenvalue weighted by Crippen LogP contribution is 2.12. The third-order valence-corrected chi connectivity index (χ3v) is 7.54. The zero-order valence-electron chi connectivity index (χ0n) is 28.1. The Morgan fingerprint density at radius 2 is 0.905 bits per heavy atom. The molecule has 0 fully saturated rings. The Labute approximate surface area is 261 Å². The van der Waals surface area contributed by atoms with Gasteiger partial charge in [-0.1, -0.05) is 134 Å². The van der Waals surface area contributed by atoms with Crippen molar-refractivity contribution >= 4 is 11.9 Å². The Morgan fingerprint density at radius 1 is 0.500 bits per heavy atom. The summed E-state index contributed by atoms with van der Waals surface area (Å²) in [5.74, 6) is -0.369. The smallest absolute Gasteiger partial charge is 0.306 e. The molecule has 244 valence electrons. The van der Waals surface area contributed by atoms with Crippen LogP contribution in [0, 0.1) is 0 Å². The van der Waals surface area contributed by atoms with Gasteiger partial charge in [0.15, 0.2) is 0 Å². The number of esters is 2. The van der Waals surface area contributed by atoms with Crippen molar-refractivity contribution in [2.75, 3.05) is 6.61 Å². The largest absolute Gasteiger partial charge is 0.462 e. The number of carbonyl (C=O) groups is 2. The molecule has 0 rings (SSSR count). The Hall–Kier alpha value is -1.84. The van der Waals surface area contributed by atoms with Gasteiger partial charge < -0.3 is 9.47 Å². The van der Waals surface area contributed by atoms with Gasteiger partial charge in [0.1, 0.15) is 12.7 Å². The molecule has 0 unspecified atom stereocenters. The topological polar surface area (TPSA) is 52.6 Å². The predicted octanol–water partition coefficient (Wildman–Crippen LogP) is 11.9. The molecule has 4 nitrogen and oxygen atoms in total. The predicted molar refractivity (Wildman–Crippen MR) is 181 cm³/mol. The van der Waals surface area contributed by atoms with Crippen LogP contribution >= 0.6 is 0 Å². The molecule has 0 aliphatic carbocycles. The Kier molecular flexibility index (Phi) is 32.2. The van der Waals surface area contributed by atoms with Crippen LogP contribution in [-0.4, -0.2) is 24.6 Å². The number of unbranched alkanes of at least 4 members (excludes halogenated alkanes) is 18. The molecule has 0 aromatic carbocycles. The van der Waals surface area contributed by atoms with Gasteiger partial charge in [0, 0.05) is 12.8 Å². The first-order valence-corrected chi connectivity index (χ1v) is 17.9. The second-order valence-corrected chi connectivity index (χ2v) is 11.9. The van der Waals surface area contributed by atoms with E-state index >= 15 is 0 Å². The van der Waals surface area contributed by atoms with E-state index in [0.29, 0.717) is 12.8 Å². The number of allylic oxidation sites excluding steroid dienone is 6. The Morgan fingerprint density at radius 3 is 1.43 bits per heavy atom. The monoisotopic (exact) mass is 589 g/mol. The molecule has 0 N–H and O–H groups in total. The van der Waals surface area contributed by atoms with Crippen LogP contribution in [0.4, 0.5) is 0 Å². The van der Waals surface area contributed by atoms with Gasteiger partial charge in [-0.2, -0.15) is 0 Å². The molecule has 0 heterocycles. The quantitative estimate of drug-likeness (QED) is 0.0459. The number of hydrogen-bond acceptors (Lipinski definition) is 4. The van der Waals surface area contributed by atoms with Crippen LogP contribution in [0.2, 0.25) is 0 Å². The molecule has 4 heteroatoms. The number of carbonyl (C=O) groups excluding carboxylic acids is 2. The van der Waals surface area contributed by atoms with Gasteiger partial charge in [0.05, 0.1) is 0 Å². The second kappa shape index (κ2) is 33.7. The molecule has 1 atom stereocenters. The van der Waals surface area contributed by atoms with E-state index < -0.39 is 0 Å². The molecule has 42 heavy (non-hydrogen) atoms. The lowest BCUT2D eigenvalue weighted by Crippen LogP contribution is -2.22. The Balaban J connectivity index is 3.48. The molecule has 0 aliphatic rings. The molecule has 0 aromatic heterocycles. The van der Waals surface area contributed by atoms with Gasteiger partial charge in [-0.15, -0.1) is 0 Å². The van der Waals surface area contributed by atoms with Crippen molar-refractivity contribution in [3.05, 3.63) is 36.5 Å². The van der Waals surface area contributed by atoms with E-state index in [9.17, 15) is 9.59 Å². The highest BCUT2D eigenvalue weighted by atomic mass is 16.6. The van der Waals surface area contributed by atoms with Gasteiger partial charge in [-0.3, -0.25) is 9.59 Å². The van der Waals surface area contributed by atoms with Crippen molar-refractivity contribution in [2.45, 2.75) is 187 Å². The van der Waals surface area contributed by atoms with Crippen LogP contribution in [0.1, 0.15) is 181 Å². The summed E-state index contributed by atoms with van der Waals surface area (Å²) >= 11 is 0. The first kappa shape index (κ1) is 40.2. The fraction of sp³-hybridized carbons (Fsp3) is 0.789. The number of hydrogen-bond donors (Lipinski definition) is 0. The normalized spacial score (nSPS) is 12.5. The maximum atomic E-state index is 12.1. The SMILES string of the molecule is CCCC/C=C\C/C=C\CCCCCCCC(=O)O[C@@H](C)COC(=O)CCCCCCCCCC/C=C/CCCCC. The molecule has 0 bridgehead atoms. The van der Waals surface area contributed by atoms with Gasteiger partial charge in [0.2, 0.25) is 0 Å². The molecule has 0 saturated carbocycles. The lowest BCUT2D eigenvalue weighted by Gasteiger charge is -2.13. The molecular formula is C38H68O4. The van der Waals surface area contributed by atoms with Crippen molar-refractivity contribution in [2.24, 2.45) is 0 Å². The Bertz CT molecular complexity index is 679. The summed E-state index contributed by atoms with van der Waals surface area (Å²) < 4.78 is 10.7. The second-order valence-electron chi connectivity index (χ2n) is 11.9. The van der Waals surface area contributed by atoms with E-state index in [4.69, 9.17) is 9.47 Å². The number of rotatable bonds is 31. The van der Waals surface area contributed by atoms with E-state index in [1.807, 2.05) is 0 Å². The summed E-state index contributed by atoms with van der Waals surface area (Å²) in [6.07, 6.45) is 41.8. The zero-order chi connectivity index (χ0) is 30.8. The molecule has 0 amide bonds. The van der Waals surface area contributed by atoms with Gasteiger partial charge in [0.25, 0.3) is 0 Å². The summed E-state index contributed by atoms with van der Waals surface area (Å²) in [6.45, 7) is 6.42. The highest BCUT2D eigenvalue weighted by molar-refractivity contribution is 5.70. The minimum absolute atomic E-state index is 0.153. The molecule has 0 radical (unpaired) electrons. The average Bonchev–Trinajstić information content (AvgIpc) is 2.98. The fourth-order valence-electron chi connectivity index (χ4n) is 4.83. The van der Waals surface area contributed by atoms with E-state index in [0.717, 1.165) is 44.9 Å². The van der Waals surface area contributed by atoms with E-state index in [2.05, 4.69) is 50.3 Å². The van der Waals surface area contributed by atoms with Crippen LogP contribution in [-0.2, 0) is 19.1 Å². The van der Waals surface area contributed by atoms with Crippen molar-refractivity contribution in [1.29, 1.82) is 0 Å². The average molecular weight is 589 g/mol. The van der Waals surface area contributed by atoms with E-state index in [1.165, 1.54) is 103 Å². The maximum Gasteiger partial charge on any atom is 0.306 e. The molecule has 0 spiro atoms. The maximum absolute atomic E-state index is 12.1. The minimum Gasteiger partial charge on any atom is -0.462 e. The molecule has 0 aromatic rings. The third-order valence-electron chi connectivity index (χ3n) is 7.54. The summed E-state index contributed by atoms with van der Waals surface area (Å²) in [6, 6.07) is 0. The minimum atomic E-state index is -0.383. The lowest BCUT2D eigenvalue weighted by atomic mass is 10.1. The van der Waals surface area contributed by atoms with E-state index in [1.54, 1.807) is 6.92 Å². The summed E-state index contributed by atoms with van der Waals surface area (Å²) in [4.78, 5) is 24.1. The van der Waals surface area contributed by atoms with Crippen molar-refractivity contribution < 1.29 is 19.1 Å². The third kappa shape index (κ3) is 32.7. The summed E-state index contributed by atoms with van der Waals surface area (Å²) in [7, 11) is 0. The van der Waals surface area contributed by atoms with Gasteiger partial charge >= 0.3 is 11.9 Å². The van der Waals surface area contributed by atoms with Crippen LogP contribution in [0.5, 0.6) is 0 Å². The zero-order valence-corrected chi connectivity index (χ0v) is 28.1.